The molecule has 0 spiro atoms. The molecule has 16 heavy (non-hydrogen) atoms. The summed E-state index contributed by atoms with van der Waals surface area (Å²) in [6.07, 6.45) is 0. The molecule has 4 heteroatoms. The highest BCUT2D eigenvalue weighted by Gasteiger charge is 2.14. The molecule has 0 radical (unpaired) electrons. The average molecular weight is 287 g/mol. The van der Waals surface area contributed by atoms with Crippen molar-refractivity contribution in [2.24, 2.45) is 0 Å². The molecule has 1 aliphatic heterocycles. The summed E-state index contributed by atoms with van der Waals surface area (Å²) in [4.78, 5) is 4.73. The van der Waals surface area contributed by atoms with Gasteiger partial charge in [-0.25, -0.2) is 4.39 Å². The maximum atomic E-state index is 13.1. The van der Waals surface area contributed by atoms with Crippen LogP contribution in [-0.4, -0.2) is 43.0 Å². The maximum Gasteiger partial charge on any atom is 0.137 e. The Morgan fingerprint density at radius 2 is 1.94 bits per heavy atom. The van der Waals surface area contributed by atoms with E-state index in [1.54, 1.807) is 0 Å². The zero-order valence-corrected chi connectivity index (χ0v) is 11.0. The Morgan fingerprint density at radius 1 is 1.25 bits per heavy atom. The molecule has 0 amide bonds. The van der Waals surface area contributed by atoms with E-state index in [0.717, 1.165) is 38.3 Å². The third kappa shape index (κ3) is 3.03. The van der Waals surface area contributed by atoms with Crippen LogP contribution in [0.2, 0.25) is 0 Å². The van der Waals surface area contributed by atoms with Crippen LogP contribution in [0.25, 0.3) is 0 Å². The van der Waals surface area contributed by atoms with E-state index in [0.29, 0.717) is 4.47 Å². The van der Waals surface area contributed by atoms with Crippen LogP contribution in [-0.2, 0) is 6.54 Å². The molecule has 1 aromatic rings. The van der Waals surface area contributed by atoms with Crippen molar-refractivity contribution in [1.29, 1.82) is 0 Å². The largest absolute Gasteiger partial charge is 0.304 e. The number of piperazine rings is 1. The molecule has 0 saturated carbocycles. The molecular formula is C12H16BrFN2. The zero-order chi connectivity index (χ0) is 11.5. The van der Waals surface area contributed by atoms with Crippen LogP contribution in [0.4, 0.5) is 4.39 Å². The summed E-state index contributed by atoms with van der Waals surface area (Å²) in [5, 5.41) is 0. The van der Waals surface area contributed by atoms with Gasteiger partial charge in [-0.15, -0.1) is 0 Å². The number of rotatable bonds is 2. The predicted octanol–water partition coefficient (Wildman–Crippen LogP) is 2.34. The lowest BCUT2D eigenvalue weighted by atomic mass is 10.2. The molecule has 88 valence electrons. The molecule has 0 N–H and O–H groups in total. The van der Waals surface area contributed by atoms with Crippen LogP contribution < -0.4 is 0 Å². The minimum atomic E-state index is -0.192. The van der Waals surface area contributed by atoms with Crippen LogP contribution in [0.3, 0.4) is 0 Å². The number of benzene rings is 1. The van der Waals surface area contributed by atoms with Gasteiger partial charge in [0.2, 0.25) is 0 Å². The summed E-state index contributed by atoms with van der Waals surface area (Å²) < 4.78 is 13.6. The Labute approximate surface area is 104 Å². The summed E-state index contributed by atoms with van der Waals surface area (Å²) >= 11 is 3.22. The predicted molar refractivity (Wildman–Crippen MR) is 66.9 cm³/mol. The van der Waals surface area contributed by atoms with Crippen LogP contribution in [0.1, 0.15) is 5.56 Å². The monoisotopic (exact) mass is 286 g/mol. The van der Waals surface area contributed by atoms with Crippen molar-refractivity contribution in [3.05, 3.63) is 34.1 Å². The highest BCUT2D eigenvalue weighted by molar-refractivity contribution is 9.10. The van der Waals surface area contributed by atoms with Gasteiger partial charge < -0.3 is 4.90 Å². The lowest BCUT2D eigenvalue weighted by molar-refractivity contribution is 0.148. The van der Waals surface area contributed by atoms with E-state index >= 15 is 0 Å². The molecule has 1 fully saturated rings. The summed E-state index contributed by atoms with van der Waals surface area (Å²) in [5.41, 5.74) is 1.16. The minimum Gasteiger partial charge on any atom is -0.304 e. The smallest absolute Gasteiger partial charge is 0.137 e. The molecule has 2 rings (SSSR count). The van der Waals surface area contributed by atoms with E-state index in [1.807, 2.05) is 12.1 Å². The first-order valence-corrected chi connectivity index (χ1v) is 6.29. The number of hydrogen-bond donors (Lipinski definition) is 0. The first-order chi connectivity index (χ1) is 7.65. The summed E-state index contributed by atoms with van der Waals surface area (Å²) in [7, 11) is 2.14. The van der Waals surface area contributed by atoms with E-state index in [9.17, 15) is 4.39 Å². The topological polar surface area (TPSA) is 6.48 Å². The van der Waals surface area contributed by atoms with Crippen molar-refractivity contribution in [2.75, 3.05) is 33.2 Å². The Bertz CT molecular complexity index is 362. The lowest BCUT2D eigenvalue weighted by Gasteiger charge is -2.32. The summed E-state index contributed by atoms with van der Waals surface area (Å²) in [5.74, 6) is -0.192. The minimum absolute atomic E-state index is 0.192. The van der Waals surface area contributed by atoms with Gasteiger partial charge in [0.05, 0.1) is 4.47 Å². The van der Waals surface area contributed by atoms with E-state index in [-0.39, 0.29) is 5.82 Å². The Hall–Kier alpha value is -0.450. The molecule has 1 aromatic carbocycles. The Kier molecular flexibility index (Phi) is 3.95. The highest BCUT2D eigenvalue weighted by Crippen LogP contribution is 2.18. The van der Waals surface area contributed by atoms with Crippen LogP contribution in [0, 0.1) is 5.82 Å². The third-order valence-corrected chi connectivity index (χ3v) is 3.59. The second-order valence-corrected chi connectivity index (χ2v) is 5.18. The van der Waals surface area contributed by atoms with Crippen molar-refractivity contribution in [3.8, 4) is 0 Å². The van der Waals surface area contributed by atoms with E-state index in [1.165, 1.54) is 6.07 Å². The molecule has 0 aromatic heterocycles. The first kappa shape index (κ1) is 12.0. The molecule has 0 atom stereocenters. The second kappa shape index (κ2) is 5.25. The van der Waals surface area contributed by atoms with Gasteiger partial charge >= 0.3 is 0 Å². The number of hydrogen-bond acceptors (Lipinski definition) is 2. The van der Waals surface area contributed by atoms with Crippen molar-refractivity contribution < 1.29 is 4.39 Å². The Balaban J connectivity index is 1.96. The molecular weight excluding hydrogens is 271 g/mol. The molecule has 0 aliphatic carbocycles. The van der Waals surface area contributed by atoms with Gasteiger partial charge in [-0.2, -0.15) is 0 Å². The quantitative estimate of drug-likeness (QED) is 0.824. The van der Waals surface area contributed by atoms with Gasteiger partial charge in [-0.05, 0) is 40.7 Å². The van der Waals surface area contributed by atoms with Gasteiger partial charge in [-0.1, -0.05) is 6.07 Å². The fraction of sp³-hybridized carbons (Fsp3) is 0.500. The van der Waals surface area contributed by atoms with E-state index in [4.69, 9.17) is 0 Å². The van der Waals surface area contributed by atoms with Crippen molar-refractivity contribution in [3.63, 3.8) is 0 Å². The summed E-state index contributed by atoms with van der Waals surface area (Å²) in [6, 6.07) is 5.25. The highest BCUT2D eigenvalue weighted by atomic mass is 79.9. The lowest BCUT2D eigenvalue weighted by Crippen LogP contribution is -2.43. The zero-order valence-electron chi connectivity index (χ0n) is 9.42. The number of halogens is 2. The van der Waals surface area contributed by atoms with Gasteiger partial charge in [0.25, 0.3) is 0 Å². The van der Waals surface area contributed by atoms with Crippen molar-refractivity contribution in [1.82, 2.24) is 9.80 Å². The first-order valence-electron chi connectivity index (χ1n) is 5.50. The molecule has 2 nitrogen and oxygen atoms in total. The molecule has 1 saturated heterocycles. The Morgan fingerprint density at radius 3 is 2.56 bits per heavy atom. The van der Waals surface area contributed by atoms with Crippen molar-refractivity contribution >= 4 is 15.9 Å². The third-order valence-electron chi connectivity index (χ3n) is 2.99. The van der Waals surface area contributed by atoms with Crippen LogP contribution in [0.15, 0.2) is 22.7 Å². The van der Waals surface area contributed by atoms with Gasteiger partial charge in [0, 0.05) is 32.7 Å². The standard InChI is InChI=1S/C12H16BrFN2/c1-15-4-6-16(7-5-15)9-10-2-3-12(14)11(13)8-10/h2-3,8H,4-7,9H2,1H3. The van der Waals surface area contributed by atoms with Crippen LogP contribution in [0.5, 0.6) is 0 Å². The fourth-order valence-corrected chi connectivity index (χ4v) is 2.33. The summed E-state index contributed by atoms with van der Waals surface area (Å²) in [6.45, 7) is 5.31. The number of nitrogens with zero attached hydrogens (tertiary/aromatic N) is 2. The number of likely N-dealkylation sites (N-methyl/N-ethyl adjacent to an activating group) is 1. The van der Waals surface area contributed by atoms with Gasteiger partial charge in [0.15, 0.2) is 0 Å². The molecule has 1 heterocycles. The van der Waals surface area contributed by atoms with Gasteiger partial charge in [-0.3, -0.25) is 4.90 Å². The SMILES string of the molecule is CN1CCN(Cc2ccc(F)c(Br)c2)CC1. The second-order valence-electron chi connectivity index (χ2n) is 4.33. The fourth-order valence-electron chi connectivity index (χ4n) is 1.90. The maximum absolute atomic E-state index is 13.1. The van der Waals surface area contributed by atoms with Crippen molar-refractivity contribution in [2.45, 2.75) is 6.54 Å². The van der Waals surface area contributed by atoms with E-state index in [2.05, 4.69) is 32.8 Å². The molecule has 0 unspecified atom stereocenters. The average Bonchev–Trinajstić information content (AvgIpc) is 2.27. The molecule has 0 bridgehead atoms. The van der Waals surface area contributed by atoms with E-state index < -0.39 is 0 Å². The normalized spacial score (nSPS) is 18.9. The molecule has 1 aliphatic rings. The van der Waals surface area contributed by atoms with Gasteiger partial charge in [0.1, 0.15) is 5.82 Å². The van der Waals surface area contributed by atoms with Crippen LogP contribution >= 0.6 is 15.9 Å².